The molecule has 2 aromatic carbocycles. The zero-order valence-corrected chi connectivity index (χ0v) is 13.3. The number of ether oxygens (including phenoxy) is 1. The van der Waals surface area contributed by atoms with Crippen molar-refractivity contribution in [2.75, 3.05) is 18.7 Å². The number of para-hydroxylation sites is 1. The van der Waals surface area contributed by atoms with Gasteiger partial charge in [0.1, 0.15) is 5.75 Å². The summed E-state index contributed by atoms with van der Waals surface area (Å²) >= 11 is 6.10. The molecule has 112 valence electrons. The largest absolute Gasteiger partial charge is 0.496 e. The number of nitrogens with one attached hydrogen (secondary N) is 1. The van der Waals surface area contributed by atoms with Crippen LogP contribution in [0.3, 0.4) is 0 Å². The Labute approximate surface area is 129 Å². The fraction of sp³-hybridized carbons (Fsp3) is 0.200. The lowest BCUT2D eigenvalue weighted by atomic mass is 10.2. The summed E-state index contributed by atoms with van der Waals surface area (Å²) in [7, 11) is -1.65. The molecule has 0 aliphatic rings. The highest BCUT2D eigenvalue weighted by atomic mass is 35.5. The first-order valence-corrected chi connectivity index (χ1v) is 8.54. The second-order valence-electron chi connectivity index (χ2n) is 4.58. The maximum Gasteiger partial charge on any atom is 0.175 e. The summed E-state index contributed by atoms with van der Waals surface area (Å²) in [5.74, 6) is 0.764. The van der Waals surface area contributed by atoms with Gasteiger partial charge in [0.2, 0.25) is 0 Å². The quantitative estimate of drug-likeness (QED) is 0.915. The van der Waals surface area contributed by atoms with Crippen molar-refractivity contribution in [2.24, 2.45) is 0 Å². The van der Waals surface area contributed by atoms with E-state index in [1.54, 1.807) is 13.2 Å². The van der Waals surface area contributed by atoms with E-state index in [9.17, 15) is 8.42 Å². The number of benzene rings is 2. The highest BCUT2D eigenvalue weighted by Crippen LogP contribution is 2.27. The summed E-state index contributed by atoms with van der Waals surface area (Å²) in [5, 5.41) is 3.61. The van der Waals surface area contributed by atoms with Crippen molar-refractivity contribution in [3.63, 3.8) is 0 Å². The average Bonchev–Trinajstić information content (AvgIpc) is 2.45. The van der Waals surface area contributed by atoms with Crippen molar-refractivity contribution < 1.29 is 13.2 Å². The third kappa shape index (κ3) is 3.89. The van der Waals surface area contributed by atoms with Gasteiger partial charge in [0, 0.05) is 18.4 Å². The first-order valence-electron chi connectivity index (χ1n) is 6.27. The van der Waals surface area contributed by atoms with Crippen molar-refractivity contribution >= 4 is 27.1 Å². The molecule has 0 bridgehead atoms. The van der Waals surface area contributed by atoms with Crippen molar-refractivity contribution in [2.45, 2.75) is 11.4 Å². The predicted octanol–water partition coefficient (Wildman–Crippen LogP) is 3.36. The minimum Gasteiger partial charge on any atom is -0.496 e. The van der Waals surface area contributed by atoms with Gasteiger partial charge in [0.25, 0.3) is 0 Å². The first-order chi connectivity index (χ1) is 9.91. The maximum atomic E-state index is 11.6. The van der Waals surface area contributed by atoms with E-state index in [0.29, 0.717) is 17.3 Å². The Morgan fingerprint density at radius 3 is 2.57 bits per heavy atom. The molecule has 2 aromatic rings. The Hall–Kier alpha value is -1.72. The number of anilines is 1. The lowest BCUT2D eigenvalue weighted by molar-refractivity contribution is 0.410. The van der Waals surface area contributed by atoms with Gasteiger partial charge in [0.15, 0.2) is 9.84 Å². The molecule has 0 unspecified atom stereocenters. The Balaban J connectivity index is 2.24. The van der Waals surface area contributed by atoms with Crippen molar-refractivity contribution in [3.8, 4) is 5.75 Å². The monoisotopic (exact) mass is 325 g/mol. The molecule has 1 N–H and O–H groups in total. The zero-order valence-electron chi connectivity index (χ0n) is 11.8. The van der Waals surface area contributed by atoms with E-state index >= 15 is 0 Å². The van der Waals surface area contributed by atoms with E-state index in [2.05, 4.69) is 5.32 Å². The lowest BCUT2D eigenvalue weighted by Crippen LogP contribution is -2.04. The van der Waals surface area contributed by atoms with E-state index in [1.165, 1.54) is 18.4 Å². The lowest BCUT2D eigenvalue weighted by Gasteiger charge is -2.12. The van der Waals surface area contributed by atoms with Gasteiger partial charge in [-0.2, -0.15) is 0 Å². The molecule has 0 aromatic heterocycles. The minimum absolute atomic E-state index is 0.231. The number of sulfone groups is 1. The van der Waals surface area contributed by atoms with Crippen LogP contribution in [-0.2, 0) is 16.4 Å². The van der Waals surface area contributed by atoms with Crippen LogP contribution in [0.1, 0.15) is 5.56 Å². The van der Waals surface area contributed by atoms with Crippen LogP contribution in [0, 0.1) is 0 Å². The molecule has 0 saturated carbocycles. The van der Waals surface area contributed by atoms with E-state index in [4.69, 9.17) is 16.3 Å². The third-order valence-corrected chi connectivity index (χ3v) is 4.47. The van der Waals surface area contributed by atoms with Crippen LogP contribution in [-0.4, -0.2) is 21.8 Å². The normalized spacial score (nSPS) is 11.2. The summed E-state index contributed by atoms with van der Waals surface area (Å²) in [6.07, 6.45) is 1.17. The Kier molecular flexibility index (Phi) is 4.75. The number of rotatable bonds is 5. The van der Waals surface area contributed by atoms with E-state index in [-0.39, 0.29) is 4.90 Å². The molecule has 6 heteroatoms. The molecular weight excluding hydrogens is 310 g/mol. The molecule has 0 amide bonds. The summed E-state index contributed by atoms with van der Waals surface area (Å²) in [6.45, 7) is 0.483. The summed E-state index contributed by atoms with van der Waals surface area (Å²) in [6, 6.07) is 12.2. The van der Waals surface area contributed by atoms with Crippen molar-refractivity contribution in [3.05, 3.63) is 53.1 Å². The molecular formula is C15H16ClNO3S. The molecule has 0 atom stereocenters. The van der Waals surface area contributed by atoms with Gasteiger partial charge in [-0.15, -0.1) is 0 Å². The number of methoxy groups -OCH3 is 1. The molecule has 4 nitrogen and oxygen atoms in total. The topological polar surface area (TPSA) is 55.4 Å². The van der Waals surface area contributed by atoms with Gasteiger partial charge >= 0.3 is 0 Å². The molecule has 0 saturated heterocycles. The van der Waals surface area contributed by atoms with Crippen LogP contribution in [0.15, 0.2) is 47.4 Å². The van der Waals surface area contributed by atoms with Gasteiger partial charge in [0.05, 0.1) is 22.7 Å². The molecule has 0 fully saturated rings. The van der Waals surface area contributed by atoms with Crippen LogP contribution in [0.5, 0.6) is 5.75 Å². The Morgan fingerprint density at radius 2 is 1.90 bits per heavy atom. The highest BCUT2D eigenvalue weighted by Gasteiger charge is 2.10. The summed E-state index contributed by atoms with van der Waals surface area (Å²) in [5.41, 5.74) is 1.53. The summed E-state index contributed by atoms with van der Waals surface area (Å²) < 4.78 is 28.4. The average molecular weight is 326 g/mol. The van der Waals surface area contributed by atoms with Gasteiger partial charge in [-0.1, -0.05) is 29.8 Å². The zero-order chi connectivity index (χ0) is 15.5. The van der Waals surface area contributed by atoms with Crippen molar-refractivity contribution in [1.29, 1.82) is 0 Å². The molecule has 0 spiro atoms. The van der Waals surface area contributed by atoms with Crippen LogP contribution < -0.4 is 10.1 Å². The molecule has 2 rings (SSSR count). The minimum atomic E-state index is -3.26. The second kappa shape index (κ2) is 6.37. The Morgan fingerprint density at radius 1 is 1.19 bits per heavy atom. The van der Waals surface area contributed by atoms with Gasteiger partial charge in [-0.25, -0.2) is 8.42 Å². The SMILES string of the molecule is COc1ccccc1CNc1cc(S(C)(=O)=O)ccc1Cl. The maximum absolute atomic E-state index is 11.6. The van der Waals surface area contributed by atoms with Crippen molar-refractivity contribution in [1.82, 2.24) is 0 Å². The fourth-order valence-electron chi connectivity index (χ4n) is 1.91. The van der Waals surface area contributed by atoms with Gasteiger partial charge < -0.3 is 10.1 Å². The standard InChI is InChI=1S/C15H16ClNO3S/c1-20-15-6-4-3-5-11(15)10-17-14-9-12(21(2,18)19)7-8-13(14)16/h3-9,17H,10H2,1-2H3. The van der Waals surface area contributed by atoms with Crippen LogP contribution in [0.2, 0.25) is 5.02 Å². The molecule has 21 heavy (non-hydrogen) atoms. The molecule has 0 radical (unpaired) electrons. The van der Waals surface area contributed by atoms with Crippen LogP contribution >= 0.6 is 11.6 Å². The third-order valence-electron chi connectivity index (χ3n) is 3.03. The Bertz CT molecular complexity index is 744. The number of halogens is 1. The van der Waals surface area contributed by atoms with Gasteiger partial charge in [-0.3, -0.25) is 0 Å². The van der Waals surface area contributed by atoms with E-state index in [1.807, 2.05) is 24.3 Å². The number of hydrogen-bond donors (Lipinski definition) is 1. The summed E-state index contributed by atoms with van der Waals surface area (Å²) in [4.78, 5) is 0.231. The highest BCUT2D eigenvalue weighted by molar-refractivity contribution is 7.90. The fourth-order valence-corrected chi connectivity index (χ4v) is 2.74. The molecule has 0 aliphatic carbocycles. The van der Waals surface area contributed by atoms with E-state index in [0.717, 1.165) is 11.3 Å². The first kappa shape index (κ1) is 15.7. The van der Waals surface area contributed by atoms with Gasteiger partial charge in [-0.05, 0) is 24.3 Å². The molecule has 0 aliphatic heterocycles. The smallest absolute Gasteiger partial charge is 0.175 e. The molecule has 0 heterocycles. The predicted molar refractivity (Wildman–Crippen MR) is 84.9 cm³/mol. The second-order valence-corrected chi connectivity index (χ2v) is 7.00. The van der Waals surface area contributed by atoms with Crippen LogP contribution in [0.4, 0.5) is 5.69 Å². The number of hydrogen-bond acceptors (Lipinski definition) is 4. The van der Waals surface area contributed by atoms with Crippen LogP contribution in [0.25, 0.3) is 0 Å². The van der Waals surface area contributed by atoms with E-state index < -0.39 is 9.84 Å².